The van der Waals surface area contributed by atoms with Gasteiger partial charge in [0.1, 0.15) is 23.0 Å². The first-order chi connectivity index (χ1) is 9.74. The summed E-state index contributed by atoms with van der Waals surface area (Å²) < 4.78 is 10.6. The number of nitrogen functional groups attached to an aromatic ring is 1. The number of rotatable bonds is 4. The van der Waals surface area contributed by atoms with E-state index >= 15 is 0 Å². The summed E-state index contributed by atoms with van der Waals surface area (Å²) in [7, 11) is 1.58. The van der Waals surface area contributed by atoms with Crippen molar-refractivity contribution >= 4 is 28.7 Å². The highest BCUT2D eigenvalue weighted by molar-refractivity contribution is 7.99. The zero-order valence-corrected chi connectivity index (χ0v) is 11.6. The fourth-order valence-electron chi connectivity index (χ4n) is 1.72. The minimum Gasteiger partial charge on any atom is -0.431 e. The van der Waals surface area contributed by atoms with E-state index in [1.54, 1.807) is 13.2 Å². The first-order valence-corrected chi connectivity index (χ1v) is 6.72. The van der Waals surface area contributed by atoms with Gasteiger partial charge in [0.15, 0.2) is 11.4 Å². The van der Waals surface area contributed by atoms with Crippen LogP contribution in [-0.4, -0.2) is 22.1 Å². The van der Waals surface area contributed by atoms with E-state index in [0.717, 1.165) is 11.1 Å². The number of methoxy groups -OCH3 is 1. The second-order valence-corrected chi connectivity index (χ2v) is 5.00. The van der Waals surface area contributed by atoms with Gasteiger partial charge in [-0.05, 0) is 23.9 Å². The molecule has 0 spiro atoms. The monoisotopic (exact) mass is 288 g/mol. The Labute approximate surface area is 119 Å². The van der Waals surface area contributed by atoms with Crippen LogP contribution >= 0.6 is 11.8 Å². The first-order valence-electron chi connectivity index (χ1n) is 5.90. The molecule has 2 aromatic heterocycles. The van der Waals surface area contributed by atoms with Gasteiger partial charge in [0.25, 0.3) is 5.22 Å². The fraction of sp³-hybridized carbons (Fsp3) is 0.154. The van der Waals surface area contributed by atoms with Crippen LogP contribution in [0.2, 0.25) is 0 Å². The Hall–Kier alpha value is -2.12. The minimum atomic E-state index is 0.312. The summed E-state index contributed by atoms with van der Waals surface area (Å²) in [6.45, 7) is 0.312. The highest BCUT2D eigenvalue weighted by atomic mass is 32.2. The molecule has 0 radical (unpaired) electrons. The summed E-state index contributed by atoms with van der Waals surface area (Å²) >= 11 is 1.30. The molecular formula is C13H12N4O2S. The molecule has 102 valence electrons. The van der Waals surface area contributed by atoms with E-state index in [4.69, 9.17) is 14.9 Å². The van der Waals surface area contributed by atoms with Gasteiger partial charge in [0, 0.05) is 13.2 Å². The van der Waals surface area contributed by atoms with Gasteiger partial charge in [-0.1, -0.05) is 12.1 Å². The number of benzene rings is 1. The maximum Gasteiger partial charge on any atom is 0.263 e. The lowest BCUT2D eigenvalue weighted by molar-refractivity contribution is 0.177. The lowest BCUT2D eigenvalue weighted by Crippen LogP contribution is -2.01. The molecule has 0 saturated heterocycles. The molecule has 20 heavy (non-hydrogen) atoms. The van der Waals surface area contributed by atoms with Crippen molar-refractivity contribution < 1.29 is 9.15 Å². The molecule has 0 aliphatic rings. The van der Waals surface area contributed by atoms with E-state index in [2.05, 4.69) is 15.0 Å². The molecule has 0 amide bonds. The molecule has 2 heterocycles. The third-order valence-electron chi connectivity index (χ3n) is 2.51. The third kappa shape index (κ3) is 2.73. The average Bonchev–Trinajstić information content (AvgIpc) is 2.80. The van der Waals surface area contributed by atoms with Gasteiger partial charge in [-0.15, -0.1) is 0 Å². The summed E-state index contributed by atoms with van der Waals surface area (Å²) in [5.41, 5.74) is 7.31. The van der Waals surface area contributed by atoms with Crippen LogP contribution < -0.4 is 5.73 Å². The van der Waals surface area contributed by atoms with Gasteiger partial charge in [0.2, 0.25) is 0 Å². The van der Waals surface area contributed by atoms with Gasteiger partial charge in [-0.2, -0.15) is 0 Å². The Morgan fingerprint density at radius 1 is 1.25 bits per heavy atom. The maximum atomic E-state index is 5.75. The number of oxazole rings is 1. The Bertz CT molecular complexity index is 711. The molecule has 0 aliphatic carbocycles. The van der Waals surface area contributed by atoms with E-state index in [1.165, 1.54) is 11.8 Å². The highest BCUT2D eigenvalue weighted by Gasteiger charge is 2.10. The molecule has 0 atom stereocenters. The van der Waals surface area contributed by atoms with Crippen molar-refractivity contribution in [3.8, 4) is 0 Å². The van der Waals surface area contributed by atoms with Gasteiger partial charge in [0.05, 0.1) is 0 Å². The van der Waals surface area contributed by atoms with Crippen LogP contribution in [0.1, 0.15) is 5.82 Å². The summed E-state index contributed by atoms with van der Waals surface area (Å²) in [5, 5.41) is 1.20. The zero-order valence-electron chi connectivity index (χ0n) is 10.7. The Morgan fingerprint density at radius 3 is 2.90 bits per heavy atom. The smallest absolute Gasteiger partial charge is 0.263 e. The van der Waals surface area contributed by atoms with E-state index in [-0.39, 0.29) is 0 Å². The molecule has 2 N–H and O–H groups in total. The lowest BCUT2D eigenvalue weighted by Gasteiger charge is -2.02. The van der Waals surface area contributed by atoms with Gasteiger partial charge in [-0.25, -0.2) is 15.0 Å². The number of ether oxygens (including phenoxy) is 1. The average molecular weight is 288 g/mol. The van der Waals surface area contributed by atoms with Gasteiger partial charge < -0.3 is 14.9 Å². The number of hydrogen-bond donors (Lipinski definition) is 1. The zero-order chi connectivity index (χ0) is 13.9. The van der Waals surface area contributed by atoms with E-state index in [0.29, 0.717) is 28.5 Å². The van der Waals surface area contributed by atoms with Crippen molar-refractivity contribution in [2.24, 2.45) is 0 Å². The Kier molecular flexibility index (Phi) is 3.53. The van der Waals surface area contributed by atoms with E-state index in [9.17, 15) is 0 Å². The summed E-state index contributed by atoms with van der Waals surface area (Å²) in [6.07, 6.45) is 0. The molecule has 3 aromatic rings. The Balaban J connectivity index is 1.90. The number of nitrogens with zero attached hydrogens (tertiary/aromatic N) is 3. The number of hydrogen-bond acceptors (Lipinski definition) is 7. The van der Waals surface area contributed by atoms with Crippen molar-refractivity contribution in [2.75, 3.05) is 12.8 Å². The number of aromatic nitrogens is 3. The van der Waals surface area contributed by atoms with E-state index in [1.807, 2.05) is 24.3 Å². The largest absolute Gasteiger partial charge is 0.431 e. The lowest BCUT2D eigenvalue weighted by atomic mass is 10.3. The molecule has 1 aromatic carbocycles. The van der Waals surface area contributed by atoms with Crippen LogP contribution in [0.4, 0.5) is 5.82 Å². The highest BCUT2D eigenvalue weighted by Crippen LogP contribution is 2.29. The number of anilines is 1. The standard InChI is InChI=1S/C13H12N4O2S/c1-18-7-11-16-10(14)6-12(17-11)20-13-15-8-4-2-3-5-9(8)19-13/h2-6H,7H2,1H3,(H2,14,16,17). The quantitative estimate of drug-likeness (QED) is 0.738. The van der Waals surface area contributed by atoms with Crippen molar-refractivity contribution in [3.63, 3.8) is 0 Å². The van der Waals surface area contributed by atoms with Crippen LogP contribution in [0.5, 0.6) is 0 Å². The van der Waals surface area contributed by atoms with Crippen molar-refractivity contribution in [2.45, 2.75) is 16.9 Å². The SMILES string of the molecule is COCc1nc(N)cc(Sc2nc3ccccc3o2)n1. The molecular weight excluding hydrogens is 276 g/mol. The molecule has 0 unspecified atom stereocenters. The minimum absolute atomic E-state index is 0.312. The molecule has 3 rings (SSSR count). The predicted molar refractivity (Wildman–Crippen MR) is 75.3 cm³/mol. The number of nitrogens with two attached hydrogens (primary N) is 1. The molecule has 0 fully saturated rings. The predicted octanol–water partition coefficient (Wildman–Crippen LogP) is 2.50. The number of fused-ring (bicyclic) bond motifs is 1. The maximum absolute atomic E-state index is 5.75. The first kappa shape index (κ1) is 12.9. The molecule has 7 heteroatoms. The summed E-state index contributed by atoms with van der Waals surface area (Å²) in [6, 6.07) is 9.27. The van der Waals surface area contributed by atoms with E-state index < -0.39 is 0 Å². The van der Waals surface area contributed by atoms with Crippen LogP contribution in [0, 0.1) is 0 Å². The van der Waals surface area contributed by atoms with Crippen molar-refractivity contribution in [3.05, 3.63) is 36.2 Å². The molecule has 0 bridgehead atoms. The molecule has 0 aliphatic heterocycles. The van der Waals surface area contributed by atoms with Crippen molar-refractivity contribution in [1.29, 1.82) is 0 Å². The van der Waals surface area contributed by atoms with Gasteiger partial charge in [-0.3, -0.25) is 0 Å². The number of para-hydroxylation sites is 2. The topological polar surface area (TPSA) is 87.1 Å². The normalized spacial score (nSPS) is 11.1. The fourth-order valence-corrected chi connectivity index (χ4v) is 2.51. The third-order valence-corrected chi connectivity index (χ3v) is 3.28. The second kappa shape index (κ2) is 5.48. The summed E-state index contributed by atoms with van der Waals surface area (Å²) in [5.74, 6) is 0.928. The second-order valence-electron chi connectivity index (χ2n) is 4.03. The van der Waals surface area contributed by atoms with Crippen LogP contribution in [-0.2, 0) is 11.3 Å². The molecule has 6 nitrogen and oxygen atoms in total. The van der Waals surface area contributed by atoms with Crippen molar-refractivity contribution in [1.82, 2.24) is 15.0 Å². The van der Waals surface area contributed by atoms with Crippen LogP contribution in [0.3, 0.4) is 0 Å². The molecule has 0 saturated carbocycles. The van der Waals surface area contributed by atoms with Crippen LogP contribution in [0.25, 0.3) is 11.1 Å². The van der Waals surface area contributed by atoms with Crippen LogP contribution in [0.15, 0.2) is 45.0 Å². The van der Waals surface area contributed by atoms with Gasteiger partial charge >= 0.3 is 0 Å². The Morgan fingerprint density at radius 2 is 2.10 bits per heavy atom. The summed E-state index contributed by atoms with van der Waals surface area (Å²) in [4.78, 5) is 12.8.